The fourth-order valence-corrected chi connectivity index (χ4v) is 3.41. The van der Waals surface area contributed by atoms with Crippen molar-refractivity contribution in [2.45, 2.75) is 6.92 Å². The fraction of sp³-hybridized carbons (Fsp3) is 0.0455. The molecule has 4 rings (SSSR count). The van der Waals surface area contributed by atoms with Gasteiger partial charge in [0.2, 0.25) is 5.82 Å². The Labute approximate surface area is 188 Å². The smallest absolute Gasteiger partial charge is 0.295 e. The number of amides is 1. The van der Waals surface area contributed by atoms with E-state index in [-0.39, 0.29) is 5.82 Å². The predicted octanol–water partition coefficient (Wildman–Crippen LogP) is 6.46. The monoisotopic (exact) mass is 456 g/mol. The van der Waals surface area contributed by atoms with Gasteiger partial charge in [0.25, 0.3) is 5.91 Å². The van der Waals surface area contributed by atoms with E-state index < -0.39 is 5.91 Å². The van der Waals surface area contributed by atoms with Crippen LogP contribution in [0.15, 0.2) is 66.7 Å². The van der Waals surface area contributed by atoms with Crippen molar-refractivity contribution in [2.75, 3.05) is 5.32 Å². The van der Waals surface area contributed by atoms with Gasteiger partial charge in [-0.15, -0.1) is 5.10 Å². The third-order valence-corrected chi connectivity index (χ3v) is 5.17. The highest BCUT2D eigenvalue weighted by molar-refractivity contribution is 6.36. The molecule has 0 atom stereocenters. The molecule has 0 radical (unpaired) electrons. The van der Waals surface area contributed by atoms with E-state index in [2.05, 4.69) is 15.4 Å². The van der Waals surface area contributed by atoms with Gasteiger partial charge in [-0.05, 0) is 49.4 Å². The molecule has 150 valence electrons. The molecule has 8 heteroatoms. The molecule has 1 N–H and O–H groups in total. The molecular weight excluding hydrogens is 443 g/mol. The Balaban J connectivity index is 1.75. The summed E-state index contributed by atoms with van der Waals surface area (Å²) in [6.07, 6.45) is 0. The Hall–Kier alpha value is -2.86. The van der Waals surface area contributed by atoms with Gasteiger partial charge in [-0.1, -0.05) is 64.6 Å². The number of hydrogen-bond acceptors (Lipinski definition) is 3. The molecule has 0 aliphatic heterocycles. The van der Waals surface area contributed by atoms with Crippen molar-refractivity contribution in [1.82, 2.24) is 14.8 Å². The summed E-state index contributed by atoms with van der Waals surface area (Å²) in [6.45, 7) is 2.00. The summed E-state index contributed by atoms with van der Waals surface area (Å²) in [6, 6.07) is 19.8. The Morgan fingerprint density at radius 2 is 1.57 bits per heavy atom. The molecule has 0 spiro atoms. The standard InChI is InChI=1S/C22H15Cl3N4O/c1-13-2-4-14(5-3-13)21-27-20(28-29(21)17-9-6-15(23)7-10-17)22(30)26-19-11-8-16(24)12-18(19)25/h2-12H,1H3,(H,26,30). The van der Waals surface area contributed by atoms with Crippen molar-refractivity contribution in [3.05, 3.63) is 93.2 Å². The first kappa shape index (κ1) is 20.4. The molecule has 0 bridgehead atoms. The van der Waals surface area contributed by atoms with E-state index >= 15 is 0 Å². The third kappa shape index (κ3) is 4.33. The number of benzene rings is 3. The maximum Gasteiger partial charge on any atom is 0.295 e. The number of hydrogen-bond donors (Lipinski definition) is 1. The second kappa shape index (κ2) is 8.48. The summed E-state index contributed by atoms with van der Waals surface area (Å²) in [4.78, 5) is 17.3. The lowest BCUT2D eigenvalue weighted by atomic mass is 10.1. The number of aryl methyl sites for hydroxylation is 1. The molecular formula is C22H15Cl3N4O. The predicted molar refractivity (Wildman–Crippen MR) is 121 cm³/mol. The zero-order valence-electron chi connectivity index (χ0n) is 15.7. The first-order valence-corrected chi connectivity index (χ1v) is 10.1. The first-order valence-electron chi connectivity index (χ1n) is 8.97. The number of halogens is 3. The summed E-state index contributed by atoms with van der Waals surface area (Å²) in [7, 11) is 0. The molecule has 4 aromatic rings. The van der Waals surface area contributed by atoms with Crippen LogP contribution in [0.1, 0.15) is 16.2 Å². The lowest BCUT2D eigenvalue weighted by molar-refractivity contribution is 0.101. The van der Waals surface area contributed by atoms with Gasteiger partial charge in [0.05, 0.1) is 16.4 Å². The molecule has 0 saturated carbocycles. The van der Waals surface area contributed by atoms with E-state index in [0.717, 1.165) is 16.8 Å². The van der Waals surface area contributed by atoms with Crippen molar-refractivity contribution in [2.24, 2.45) is 0 Å². The van der Waals surface area contributed by atoms with Crippen molar-refractivity contribution in [3.63, 3.8) is 0 Å². The first-order chi connectivity index (χ1) is 14.4. The molecule has 0 unspecified atom stereocenters. The average Bonchev–Trinajstić information content (AvgIpc) is 3.17. The molecule has 30 heavy (non-hydrogen) atoms. The number of carbonyl (C=O) groups excluding carboxylic acids is 1. The summed E-state index contributed by atoms with van der Waals surface area (Å²) in [5.41, 5.74) is 3.09. The number of nitrogens with zero attached hydrogens (tertiary/aromatic N) is 3. The average molecular weight is 458 g/mol. The molecule has 1 amide bonds. The van der Waals surface area contributed by atoms with Crippen molar-refractivity contribution in [3.8, 4) is 17.1 Å². The molecule has 0 aliphatic rings. The minimum atomic E-state index is -0.486. The molecule has 5 nitrogen and oxygen atoms in total. The van der Waals surface area contributed by atoms with Crippen LogP contribution in [0, 0.1) is 6.92 Å². The second-order valence-electron chi connectivity index (χ2n) is 6.59. The molecule has 3 aromatic carbocycles. The number of aromatic nitrogens is 3. The number of carbonyl (C=O) groups is 1. The lowest BCUT2D eigenvalue weighted by Gasteiger charge is -2.06. The number of rotatable bonds is 4. The van der Waals surface area contributed by atoms with Gasteiger partial charge in [-0.3, -0.25) is 4.79 Å². The van der Waals surface area contributed by atoms with Crippen molar-refractivity contribution >= 4 is 46.4 Å². The minimum absolute atomic E-state index is 0.00606. The SMILES string of the molecule is Cc1ccc(-c2nc(C(=O)Nc3ccc(Cl)cc3Cl)nn2-c2ccc(Cl)cc2)cc1. The van der Waals surface area contributed by atoms with Crippen LogP contribution in [-0.2, 0) is 0 Å². The van der Waals surface area contributed by atoms with Crippen LogP contribution < -0.4 is 5.32 Å². The van der Waals surface area contributed by atoms with E-state index in [9.17, 15) is 4.79 Å². The third-order valence-electron chi connectivity index (χ3n) is 4.37. The van der Waals surface area contributed by atoms with E-state index in [0.29, 0.717) is 26.6 Å². The van der Waals surface area contributed by atoms with Gasteiger partial charge in [-0.2, -0.15) is 0 Å². The van der Waals surface area contributed by atoms with Gasteiger partial charge < -0.3 is 5.32 Å². The van der Waals surface area contributed by atoms with Gasteiger partial charge >= 0.3 is 0 Å². The molecule has 0 saturated heterocycles. The Morgan fingerprint density at radius 3 is 2.23 bits per heavy atom. The lowest BCUT2D eigenvalue weighted by Crippen LogP contribution is -2.14. The normalized spacial score (nSPS) is 10.8. The summed E-state index contributed by atoms with van der Waals surface area (Å²) >= 11 is 18.1. The number of nitrogens with one attached hydrogen (secondary N) is 1. The molecule has 0 fully saturated rings. The highest BCUT2D eigenvalue weighted by Crippen LogP contribution is 2.27. The number of anilines is 1. The Kier molecular flexibility index (Phi) is 5.77. The zero-order valence-corrected chi connectivity index (χ0v) is 18.0. The summed E-state index contributed by atoms with van der Waals surface area (Å²) < 4.78 is 1.61. The summed E-state index contributed by atoms with van der Waals surface area (Å²) in [5.74, 6) is 0.0523. The van der Waals surface area contributed by atoms with Gasteiger partial charge in [0.1, 0.15) is 0 Å². The Bertz CT molecular complexity index is 1160. The fourth-order valence-electron chi connectivity index (χ4n) is 2.83. The largest absolute Gasteiger partial charge is 0.318 e. The van der Waals surface area contributed by atoms with Crippen LogP contribution in [0.2, 0.25) is 15.1 Å². The van der Waals surface area contributed by atoms with Crippen LogP contribution in [0.25, 0.3) is 17.1 Å². The van der Waals surface area contributed by atoms with Crippen LogP contribution in [0.3, 0.4) is 0 Å². The van der Waals surface area contributed by atoms with Gasteiger partial charge in [0.15, 0.2) is 5.82 Å². The second-order valence-corrected chi connectivity index (χ2v) is 7.87. The van der Waals surface area contributed by atoms with Crippen LogP contribution in [0.5, 0.6) is 0 Å². The van der Waals surface area contributed by atoms with Crippen molar-refractivity contribution in [1.29, 1.82) is 0 Å². The topological polar surface area (TPSA) is 59.8 Å². The van der Waals surface area contributed by atoms with Crippen LogP contribution in [0.4, 0.5) is 5.69 Å². The maximum absolute atomic E-state index is 12.8. The molecule has 1 heterocycles. The van der Waals surface area contributed by atoms with E-state index in [4.69, 9.17) is 34.8 Å². The molecule has 1 aromatic heterocycles. The van der Waals surface area contributed by atoms with Gasteiger partial charge in [0, 0.05) is 15.6 Å². The van der Waals surface area contributed by atoms with E-state index in [1.165, 1.54) is 0 Å². The van der Waals surface area contributed by atoms with E-state index in [1.807, 2.05) is 43.3 Å². The highest BCUT2D eigenvalue weighted by atomic mass is 35.5. The quantitative estimate of drug-likeness (QED) is 0.383. The molecule has 0 aliphatic carbocycles. The van der Waals surface area contributed by atoms with Crippen molar-refractivity contribution < 1.29 is 4.79 Å². The summed E-state index contributed by atoms with van der Waals surface area (Å²) in [5, 5.41) is 8.57. The minimum Gasteiger partial charge on any atom is -0.318 e. The highest BCUT2D eigenvalue weighted by Gasteiger charge is 2.19. The van der Waals surface area contributed by atoms with Crippen LogP contribution >= 0.6 is 34.8 Å². The Morgan fingerprint density at radius 1 is 0.900 bits per heavy atom. The maximum atomic E-state index is 12.8. The van der Waals surface area contributed by atoms with E-state index in [1.54, 1.807) is 35.0 Å². The van der Waals surface area contributed by atoms with Crippen LogP contribution in [-0.4, -0.2) is 20.7 Å². The van der Waals surface area contributed by atoms with Gasteiger partial charge in [-0.25, -0.2) is 9.67 Å². The zero-order chi connectivity index (χ0) is 21.3.